The molecular weight excluding hydrogens is 235 g/mol. The molecular formula is C11H12F3NO2. The van der Waals surface area contributed by atoms with Gasteiger partial charge >= 0.3 is 12.1 Å². The second-order valence-electron chi connectivity index (χ2n) is 3.99. The highest BCUT2D eigenvalue weighted by atomic mass is 19.4. The lowest BCUT2D eigenvalue weighted by atomic mass is 9.89. The number of halogens is 3. The molecule has 0 aliphatic heterocycles. The Morgan fingerprint density at radius 3 is 2.41 bits per heavy atom. The van der Waals surface area contributed by atoms with Gasteiger partial charge in [0, 0.05) is 6.20 Å². The van der Waals surface area contributed by atoms with Crippen LogP contribution in [-0.4, -0.2) is 16.1 Å². The summed E-state index contributed by atoms with van der Waals surface area (Å²) in [6, 6.07) is 1.99. The first-order valence-corrected chi connectivity index (χ1v) is 5.00. The maximum absolute atomic E-state index is 12.7. The van der Waals surface area contributed by atoms with Crippen molar-refractivity contribution in [2.45, 2.75) is 25.9 Å². The Morgan fingerprint density at radius 2 is 2.00 bits per heavy atom. The molecule has 6 heteroatoms. The van der Waals surface area contributed by atoms with Gasteiger partial charge in [0.2, 0.25) is 0 Å². The van der Waals surface area contributed by atoms with Crippen LogP contribution in [0.4, 0.5) is 13.2 Å². The third-order valence-corrected chi connectivity index (χ3v) is 2.37. The summed E-state index contributed by atoms with van der Waals surface area (Å²) in [5, 5.41) is 8.98. The molecule has 1 aromatic heterocycles. The van der Waals surface area contributed by atoms with Crippen molar-refractivity contribution in [2.24, 2.45) is 5.92 Å². The van der Waals surface area contributed by atoms with Gasteiger partial charge in [-0.2, -0.15) is 13.2 Å². The highest BCUT2D eigenvalue weighted by molar-refractivity contribution is 5.76. The predicted molar refractivity (Wildman–Crippen MR) is 54.5 cm³/mol. The predicted octanol–water partition coefficient (Wildman–Crippen LogP) is 2.92. The van der Waals surface area contributed by atoms with Crippen molar-refractivity contribution in [3.8, 4) is 0 Å². The summed E-state index contributed by atoms with van der Waals surface area (Å²) in [4.78, 5) is 14.6. The summed E-state index contributed by atoms with van der Waals surface area (Å²) in [7, 11) is 0. The minimum atomic E-state index is -4.59. The van der Waals surface area contributed by atoms with E-state index < -0.39 is 35.2 Å². The van der Waals surface area contributed by atoms with Gasteiger partial charge in [-0.25, -0.2) is 0 Å². The third-order valence-electron chi connectivity index (χ3n) is 2.37. The number of aromatic nitrogens is 1. The number of hydrogen-bond acceptors (Lipinski definition) is 2. The quantitative estimate of drug-likeness (QED) is 0.893. The van der Waals surface area contributed by atoms with Crippen LogP contribution in [0, 0.1) is 5.92 Å². The van der Waals surface area contributed by atoms with E-state index in [4.69, 9.17) is 5.11 Å². The van der Waals surface area contributed by atoms with Crippen molar-refractivity contribution in [2.75, 3.05) is 0 Å². The number of aliphatic carboxylic acids is 1. The second kappa shape index (κ2) is 4.73. The second-order valence-corrected chi connectivity index (χ2v) is 3.99. The maximum Gasteiger partial charge on any atom is 0.418 e. The highest BCUT2D eigenvalue weighted by Gasteiger charge is 2.38. The van der Waals surface area contributed by atoms with Crippen LogP contribution in [-0.2, 0) is 11.0 Å². The van der Waals surface area contributed by atoms with Crippen LogP contribution in [0.1, 0.15) is 31.0 Å². The molecule has 0 aromatic carbocycles. The van der Waals surface area contributed by atoms with Gasteiger partial charge in [-0.15, -0.1) is 0 Å². The number of hydrogen-bond donors (Lipinski definition) is 1. The number of alkyl halides is 3. The van der Waals surface area contributed by atoms with Crippen LogP contribution in [0.15, 0.2) is 18.3 Å². The highest BCUT2D eigenvalue weighted by Crippen LogP contribution is 2.36. The lowest BCUT2D eigenvalue weighted by Crippen LogP contribution is -2.23. The van der Waals surface area contributed by atoms with Gasteiger partial charge in [-0.05, 0) is 18.1 Å². The summed E-state index contributed by atoms with van der Waals surface area (Å²) >= 11 is 0. The zero-order chi connectivity index (χ0) is 13.2. The largest absolute Gasteiger partial charge is 0.481 e. The Labute approximate surface area is 96.3 Å². The van der Waals surface area contributed by atoms with Crippen molar-refractivity contribution in [1.82, 2.24) is 4.98 Å². The monoisotopic (exact) mass is 247 g/mol. The molecule has 1 aromatic rings. The SMILES string of the molecule is CC(C)C(C(=O)O)c1ncccc1C(F)(F)F. The molecule has 0 radical (unpaired) electrons. The van der Waals surface area contributed by atoms with Crippen molar-refractivity contribution in [3.05, 3.63) is 29.6 Å². The first-order chi connectivity index (χ1) is 7.75. The Bertz CT molecular complexity index is 415. The number of carboxylic acids is 1. The summed E-state index contributed by atoms with van der Waals surface area (Å²) < 4.78 is 38.1. The van der Waals surface area contributed by atoms with Crippen LogP contribution >= 0.6 is 0 Å². The zero-order valence-electron chi connectivity index (χ0n) is 9.32. The van der Waals surface area contributed by atoms with Gasteiger partial charge in [0.25, 0.3) is 0 Å². The molecule has 0 spiro atoms. The van der Waals surface area contributed by atoms with Gasteiger partial charge in [0.1, 0.15) is 5.92 Å². The molecule has 1 N–H and O–H groups in total. The minimum absolute atomic E-state index is 0.428. The zero-order valence-corrected chi connectivity index (χ0v) is 9.32. The standard InChI is InChI=1S/C11H12F3NO2/c1-6(2)8(10(16)17)9-7(11(12,13)14)4-3-5-15-9/h3-6,8H,1-2H3,(H,16,17). The van der Waals surface area contributed by atoms with E-state index in [1.807, 2.05) is 0 Å². The molecule has 0 saturated carbocycles. The van der Waals surface area contributed by atoms with Gasteiger partial charge in [0.05, 0.1) is 11.3 Å². The number of carboxylic acid groups (broad SMARTS) is 1. The fourth-order valence-corrected chi connectivity index (χ4v) is 1.62. The number of rotatable bonds is 3. The number of carbonyl (C=O) groups is 1. The number of pyridine rings is 1. The number of nitrogens with zero attached hydrogens (tertiary/aromatic N) is 1. The van der Waals surface area contributed by atoms with E-state index in [0.717, 1.165) is 12.1 Å². The van der Waals surface area contributed by atoms with E-state index in [-0.39, 0.29) is 0 Å². The minimum Gasteiger partial charge on any atom is -0.481 e. The van der Waals surface area contributed by atoms with E-state index >= 15 is 0 Å². The third kappa shape index (κ3) is 2.95. The molecule has 0 aliphatic carbocycles. The van der Waals surface area contributed by atoms with E-state index in [1.165, 1.54) is 6.20 Å². The molecule has 17 heavy (non-hydrogen) atoms. The van der Waals surface area contributed by atoms with Gasteiger partial charge in [0.15, 0.2) is 0 Å². The molecule has 0 aliphatic rings. The van der Waals surface area contributed by atoms with Crippen molar-refractivity contribution in [1.29, 1.82) is 0 Å². The van der Waals surface area contributed by atoms with Crippen LogP contribution in [0.5, 0.6) is 0 Å². The Balaban J connectivity index is 3.34. The Kier molecular flexibility index (Phi) is 3.75. The molecule has 1 heterocycles. The fourth-order valence-electron chi connectivity index (χ4n) is 1.62. The van der Waals surface area contributed by atoms with Crippen LogP contribution < -0.4 is 0 Å². The average molecular weight is 247 g/mol. The van der Waals surface area contributed by atoms with Crippen LogP contribution in [0.2, 0.25) is 0 Å². The fraction of sp³-hybridized carbons (Fsp3) is 0.455. The maximum atomic E-state index is 12.7. The lowest BCUT2D eigenvalue weighted by molar-refractivity contribution is -0.142. The molecule has 1 unspecified atom stereocenters. The van der Waals surface area contributed by atoms with Gasteiger partial charge in [-0.3, -0.25) is 9.78 Å². The smallest absolute Gasteiger partial charge is 0.418 e. The molecule has 3 nitrogen and oxygen atoms in total. The van der Waals surface area contributed by atoms with Crippen molar-refractivity contribution < 1.29 is 23.1 Å². The lowest BCUT2D eigenvalue weighted by Gasteiger charge is -2.19. The summed E-state index contributed by atoms with van der Waals surface area (Å²) in [6.45, 7) is 3.10. The molecule has 1 atom stereocenters. The van der Waals surface area contributed by atoms with Crippen molar-refractivity contribution >= 4 is 5.97 Å². The van der Waals surface area contributed by atoms with Crippen molar-refractivity contribution in [3.63, 3.8) is 0 Å². The molecule has 94 valence electrons. The van der Waals surface area contributed by atoms with E-state index in [1.54, 1.807) is 13.8 Å². The van der Waals surface area contributed by atoms with Crippen LogP contribution in [0.25, 0.3) is 0 Å². The van der Waals surface area contributed by atoms with Crippen LogP contribution in [0.3, 0.4) is 0 Å². The van der Waals surface area contributed by atoms with E-state index in [0.29, 0.717) is 0 Å². The first kappa shape index (κ1) is 13.5. The molecule has 0 fully saturated rings. The average Bonchev–Trinajstić information content (AvgIpc) is 2.15. The van der Waals surface area contributed by atoms with Gasteiger partial charge in [-0.1, -0.05) is 13.8 Å². The van der Waals surface area contributed by atoms with E-state index in [9.17, 15) is 18.0 Å². The molecule has 1 rings (SSSR count). The van der Waals surface area contributed by atoms with Gasteiger partial charge < -0.3 is 5.11 Å². The molecule has 0 amide bonds. The summed E-state index contributed by atoms with van der Waals surface area (Å²) in [5.41, 5.74) is -1.41. The summed E-state index contributed by atoms with van der Waals surface area (Å²) in [6.07, 6.45) is -3.42. The van der Waals surface area contributed by atoms with E-state index in [2.05, 4.69) is 4.98 Å². The topological polar surface area (TPSA) is 50.2 Å². The normalized spacial score (nSPS) is 13.8. The first-order valence-electron chi connectivity index (χ1n) is 5.00. The summed E-state index contributed by atoms with van der Waals surface area (Å²) in [5.74, 6) is -3.03. The Hall–Kier alpha value is -1.59. The molecule has 0 saturated heterocycles. The Morgan fingerprint density at radius 1 is 1.41 bits per heavy atom. The molecule has 0 bridgehead atoms.